The summed E-state index contributed by atoms with van der Waals surface area (Å²) in [5.41, 5.74) is 1.87. The number of rotatable bonds is 7. The van der Waals surface area contributed by atoms with Gasteiger partial charge < -0.3 is 18.9 Å². The summed E-state index contributed by atoms with van der Waals surface area (Å²) in [6, 6.07) is 11.5. The maximum absolute atomic E-state index is 5.53. The fraction of sp³-hybridized carbons (Fsp3) is 0.235. The Hall–Kier alpha value is -2.53. The summed E-state index contributed by atoms with van der Waals surface area (Å²) in [5, 5.41) is 3.31. The molecule has 22 heavy (non-hydrogen) atoms. The van der Waals surface area contributed by atoms with Crippen molar-refractivity contribution in [2.24, 2.45) is 0 Å². The molecule has 0 radical (unpaired) electrons. The van der Waals surface area contributed by atoms with Gasteiger partial charge in [-0.2, -0.15) is 0 Å². The van der Waals surface area contributed by atoms with E-state index in [1.165, 1.54) is 0 Å². The van der Waals surface area contributed by atoms with Crippen LogP contribution in [0.3, 0.4) is 0 Å². The van der Waals surface area contributed by atoms with E-state index in [1.54, 1.807) is 19.6 Å². The number of ether oxygens (including phenoxy) is 1. The van der Waals surface area contributed by atoms with Gasteiger partial charge in [0.1, 0.15) is 17.8 Å². The molecule has 0 atom stereocenters. The topological polar surface area (TPSA) is 60.4 Å². The number of benzene rings is 1. The first kappa shape index (κ1) is 14.4. The molecule has 1 aromatic carbocycles. The standard InChI is InChI=1S/C17H18N2O3/c1-20-15-6-4-13(5-7-15)17-19-14(12-22-17)8-9-18-11-16-3-2-10-21-16/h2-7,10,12,18H,8-9,11H2,1H3. The van der Waals surface area contributed by atoms with E-state index >= 15 is 0 Å². The molecule has 1 N–H and O–H groups in total. The minimum Gasteiger partial charge on any atom is -0.497 e. The second-order valence-electron chi connectivity index (χ2n) is 4.88. The van der Waals surface area contributed by atoms with Crippen molar-refractivity contribution < 1.29 is 13.6 Å². The quantitative estimate of drug-likeness (QED) is 0.678. The fourth-order valence-electron chi connectivity index (χ4n) is 2.13. The van der Waals surface area contributed by atoms with Crippen molar-refractivity contribution in [2.45, 2.75) is 13.0 Å². The average molecular weight is 298 g/mol. The zero-order chi connectivity index (χ0) is 15.2. The molecule has 0 saturated carbocycles. The summed E-state index contributed by atoms with van der Waals surface area (Å²) >= 11 is 0. The first-order valence-electron chi connectivity index (χ1n) is 7.17. The van der Waals surface area contributed by atoms with Crippen molar-refractivity contribution in [1.29, 1.82) is 0 Å². The summed E-state index contributed by atoms with van der Waals surface area (Å²) in [6.07, 6.45) is 4.18. The average Bonchev–Trinajstić information content (AvgIpc) is 3.23. The van der Waals surface area contributed by atoms with E-state index in [9.17, 15) is 0 Å². The highest BCUT2D eigenvalue weighted by atomic mass is 16.5. The van der Waals surface area contributed by atoms with E-state index in [0.29, 0.717) is 5.89 Å². The Morgan fingerprint density at radius 1 is 1.14 bits per heavy atom. The number of hydrogen-bond acceptors (Lipinski definition) is 5. The molecule has 3 aromatic rings. The Balaban J connectivity index is 1.52. The first-order chi connectivity index (χ1) is 10.8. The molecule has 3 rings (SSSR count). The number of methoxy groups -OCH3 is 1. The minimum absolute atomic E-state index is 0.628. The van der Waals surface area contributed by atoms with Crippen LogP contribution in [-0.2, 0) is 13.0 Å². The third-order valence-electron chi connectivity index (χ3n) is 3.33. The highest BCUT2D eigenvalue weighted by Crippen LogP contribution is 2.21. The molecule has 0 spiro atoms. The molecule has 0 saturated heterocycles. The lowest BCUT2D eigenvalue weighted by Crippen LogP contribution is -2.16. The SMILES string of the molecule is COc1ccc(-c2nc(CCNCc3ccco3)co2)cc1. The van der Waals surface area contributed by atoms with Gasteiger partial charge in [0.2, 0.25) is 5.89 Å². The summed E-state index contributed by atoms with van der Waals surface area (Å²) in [6.45, 7) is 1.53. The predicted octanol–water partition coefficient (Wildman–Crippen LogP) is 3.28. The van der Waals surface area contributed by atoms with E-state index in [1.807, 2.05) is 36.4 Å². The Morgan fingerprint density at radius 3 is 2.73 bits per heavy atom. The fourth-order valence-corrected chi connectivity index (χ4v) is 2.13. The molecule has 0 aliphatic rings. The monoisotopic (exact) mass is 298 g/mol. The number of aromatic nitrogens is 1. The van der Waals surface area contributed by atoms with Crippen molar-refractivity contribution >= 4 is 0 Å². The van der Waals surface area contributed by atoms with Gasteiger partial charge in [-0.05, 0) is 36.4 Å². The number of furan rings is 1. The van der Waals surface area contributed by atoms with Crippen LogP contribution in [0.5, 0.6) is 5.75 Å². The lowest BCUT2D eigenvalue weighted by molar-refractivity contribution is 0.415. The summed E-state index contributed by atoms with van der Waals surface area (Å²) in [5.74, 6) is 2.38. The van der Waals surface area contributed by atoms with E-state index in [2.05, 4.69) is 10.3 Å². The van der Waals surface area contributed by atoms with E-state index < -0.39 is 0 Å². The lowest BCUT2D eigenvalue weighted by Gasteiger charge is -2.00. The Kier molecular flexibility index (Phi) is 4.56. The van der Waals surface area contributed by atoms with Crippen LogP contribution in [0.2, 0.25) is 0 Å². The van der Waals surface area contributed by atoms with Crippen molar-refractivity contribution in [3.05, 3.63) is 60.4 Å². The van der Waals surface area contributed by atoms with E-state index in [0.717, 1.165) is 42.3 Å². The van der Waals surface area contributed by atoms with Crippen LogP contribution in [0.25, 0.3) is 11.5 Å². The molecular weight excluding hydrogens is 280 g/mol. The first-order valence-corrected chi connectivity index (χ1v) is 7.17. The molecule has 114 valence electrons. The van der Waals surface area contributed by atoms with Gasteiger partial charge >= 0.3 is 0 Å². The molecule has 0 unspecified atom stereocenters. The van der Waals surface area contributed by atoms with Crippen molar-refractivity contribution in [3.8, 4) is 17.2 Å². The Morgan fingerprint density at radius 2 is 2.00 bits per heavy atom. The van der Waals surface area contributed by atoms with Gasteiger partial charge in [0, 0.05) is 18.5 Å². The van der Waals surface area contributed by atoms with Crippen molar-refractivity contribution in [1.82, 2.24) is 10.3 Å². The van der Waals surface area contributed by atoms with Gasteiger partial charge in [0.25, 0.3) is 0 Å². The van der Waals surface area contributed by atoms with Crippen LogP contribution in [0.15, 0.2) is 57.8 Å². The number of oxazole rings is 1. The van der Waals surface area contributed by atoms with Gasteiger partial charge in [-0.25, -0.2) is 4.98 Å². The van der Waals surface area contributed by atoms with E-state index in [-0.39, 0.29) is 0 Å². The highest BCUT2D eigenvalue weighted by Gasteiger charge is 2.07. The smallest absolute Gasteiger partial charge is 0.226 e. The largest absolute Gasteiger partial charge is 0.497 e. The third-order valence-corrected chi connectivity index (χ3v) is 3.33. The molecule has 0 aliphatic carbocycles. The van der Waals surface area contributed by atoms with Crippen LogP contribution in [0.1, 0.15) is 11.5 Å². The van der Waals surface area contributed by atoms with Crippen LogP contribution in [-0.4, -0.2) is 18.6 Å². The molecule has 0 fully saturated rings. The van der Waals surface area contributed by atoms with Crippen LogP contribution < -0.4 is 10.1 Å². The second kappa shape index (κ2) is 6.95. The minimum atomic E-state index is 0.628. The van der Waals surface area contributed by atoms with Gasteiger partial charge in [-0.3, -0.25) is 0 Å². The molecule has 5 nitrogen and oxygen atoms in total. The third kappa shape index (κ3) is 3.56. The Bertz CT molecular complexity index is 687. The molecule has 5 heteroatoms. The summed E-state index contributed by atoms with van der Waals surface area (Å²) < 4.78 is 15.9. The van der Waals surface area contributed by atoms with Gasteiger partial charge in [0.15, 0.2) is 0 Å². The van der Waals surface area contributed by atoms with Crippen LogP contribution in [0.4, 0.5) is 0 Å². The summed E-state index contributed by atoms with van der Waals surface area (Å²) in [7, 11) is 1.65. The molecular formula is C17H18N2O3. The molecule has 2 heterocycles. The maximum atomic E-state index is 5.53. The second-order valence-corrected chi connectivity index (χ2v) is 4.88. The zero-order valence-corrected chi connectivity index (χ0v) is 12.4. The van der Waals surface area contributed by atoms with Crippen LogP contribution >= 0.6 is 0 Å². The van der Waals surface area contributed by atoms with Gasteiger partial charge in [0.05, 0.1) is 25.6 Å². The molecule has 0 bridgehead atoms. The summed E-state index contributed by atoms with van der Waals surface area (Å²) in [4.78, 5) is 4.50. The Labute approximate surface area is 128 Å². The van der Waals surface area contributed by atoms with E-state index in [4.69, 9.17) is 13.6 Å². The highest BCUT2D eigenvalue weighted by molar-refractivity contribution is 5.54. The number of nitrogens with zero attached hydrogens (tertiary/aromatic N) is 1. The van der Waals surface area contributed by atoms with Crippen LogP contribution in [0, 0.1) is 0 Å². The molecule has 0 aliphatic heterocycles. The number of hydrogen-bond donors (Lipinski definition) is 1. The predicted molar refractivity (Wildman–Crippen MR) is 82.6 cm³/mol. The molecule has 2 aromatic heterocycles. The van der Waals surface area contributed by atoms with Gasteiger partial charge in [-0.1, -0.05) is 0 Å². The number of nitrogens with one attached hydrogen (secondary N) is 1. The normalized spacial score (nSPS) is 10.8. The lowest BCUT2D eigenvalue weighted by atomic mass is 10.2. The van der Waals surface area contributed by atoms with Gasteiger partial charge in [-0.15, -0.1) is 0 Å². The van der Waals surface area contributed by atoms with Crippen molar-refractivity contribution in [3.63, 3.8) is 0 Å². The zero-order valence-electron chi connectivity index (χ0n) is 12.4. The maximum Gasteiger partial charge on any atom is 0.226 e. The molecule has 0 amide bonds. The van der Waals surface area contributed by atoms with Crippen molar-refractivity contribution in [2.75, 3.05) is 13.7 Å².